The molecule has 0 spiro atoms. The van der Waals surface area contributed by atoms with Crippen LogP contribution < -0.4 is 10.2 Å². The maximum atomic E-state index is 3.30. The first kappa shape index (κ1) is 13.9. The van der Waals surface area contributed by atoms with Crippen molar-refractivity contribution in [3.05, 3.63) is 29.8 Å². The minimum Gasteiger partial charge on any atom is -0.371 e. The molecule has 0 amide bonds. The highest BCUT2D eigenvalue weighted by Gasteiger charge is 2.31. The van der Waals surface area contributed by atoms with E-state index in [0.29, 0.717) is 6.04 Å². The van der Waals surface area contributed by atoms with Crippen molar-refractivity contribution < 1.29 is 0 Å². The van der Waals surface area contributed by atoms with Crippen LogP contribution in [0.1, 0.15) is 50.6 Å². The van der Waals surface area contributed by atoms with E-state index >= 15 is 0 Å². The second-order valence-electron chi connectivity index (χ2n) is 6.64. The number of nitrogens with one attached hydrogen (secondary N) is 1. The zero-order valence-electron chi connectivity index (χ0n) is 12.9. The number of hydrogen-bond donors (Lipinski definition) is 1. The van der Waals surface area contributed by atoms with Gasteiger partial charge in [0.25, 0.3) is 0 Å². The molecule has 1 N–H and O–H groups in total. The predicted molar refractivity (Wildman–Crippen MR) is 86.2 cm³/mol. The summed E-state index contributed by atoms with van der Waals surface area (Å²) < 4.78 is 0. The van der Waals surface area contributed by atoms with Crippen LogP contribution in [0.3, 0.4) is 0 Å². The number of hydrogen-bond acceptors (Lipinski definition) is 2. The molecule has 3 rings (SSSR count). The van der Waals surface area contributed by atoms with Crippen LogP contribution in [0.5, 0.6) is 0 Å². The summed E-state index contributed by atoms with van der Waals surface area (Å²) in [4.78, 5) is 2.61. The summed E-state index contributed by atoms with van der Waals surface area (Å²) >= 11 is 0. The lowest BCUT2D eigenvalue weighted by atomic mass is 9.75. The Labute approximate surface area is 123 Å². The van der Waals surface area contributed by atoms with E-state index in [9.17, 15) is 0 Å². The molecule has 2 aliphatic rings. The molecule has 1 aromatic carbocycles. The fourth-order valence-electron chi connectivity index (χ4n) is 3.98. The first-order chi connectivity index (χ1) is 9.78. The van der Waals surface area contributed by atoms with Crippen LogP contribution in [-0.2, 0) is 0 Å². The van der Waals surface area contributed by atoms with E-state index in [1.165, 1.54) is 56.4 Å². The Hall–Kier alpha value is -1.02. The first-order valence-corrected chi connectivity index (χ1v) is 8.30. The van der Waals surface area contributed by atoms with Crippen LogP contribution in [0.4, 0.5) is 5.69 Å². The van der Waals surface area contributed by atoms with Crippen LogP contribution in [0.25, 0.3) is 0 Å². The summed E-state index contributed by atoms with van der Waals surface area (Å²) in [5, 5.41) is 3.30. The molecule has 2 fully saturated rings. The van der Waals surface area contributed by atoms with Crippen LogP contribution in [0.15, 0.2) is 24.3 Å². The average molecular weight is 272 g/mol. The van der Waals surface area contributed by atoms with Gasteiger partial charge in [-0.25, -0.2) is 0 Å². The number of piperidine rings is 1. The molecule has 1 aliphatic heterocycles. The third-order valence-electron chi connectivity index (χ3n) is 5.48. The van der Waals surface area contributed by atoms with Crippen molar-refractivity contribution in [2.24, 2.45) is 11.8 Å². The summed E-state index contributed by atoms with van der Waals surface area (Å²) in [6.45, 7) is 4.75. The van der Waals surface area contributed by atoms with Crippen molar-refractivity contribution in [2.45, 2.75) is 45.1 Å². The topological polar surface area (TPSA) is 15.3 Å². The quantitative estimate of drug-likeness (QED) is 0.895. The summed E-state index contributed by atoms with van der Waals surface area (Å²) in [7, 11) is 2.02. The maximum absolute atomic E-state index is 3.30. The zero-order chi connectivity index (χ0) is 13.9. The number of benzene rings is 1. The summed E-state index contributed by atoms with van der Waals surface area (Å²) in [6, 6.07) is 9.62. The third kappa shape index (κ3) is 2.85. The molecule has 3 atom stereocenters. The largest absolute Gasteiger partial charge is 0.371 e. The van der Waals surface area contributed by atoms with Gasteiger partial charge in [-0.1, -0.05) is 31.4 Å². The van der Waals surface area contributed by atoms with E-state index in [-0.39, 0.29) is 0 Å². The highest BCUT2D eigenvalue weighted by Crippen LogP contribution is 2.37. The van der Waals surface area contributed by atoms with Gasteiger partial charge in [0, 0.05) is 24.8 Å². The Morgan fingerprint density at radius 3 is 2.45 bits per heavy atom. The van der Waals surface area contributed by atoms with E-state index in [0.717, 1.165) is 11.8 Å². The van der Waals surface area contributed by atoms with Gasteiger partial charge in [0.05, 0.1) is 0 Å². The first-order valence-electron chi connectivity index (χ1n) is 8.30. The predicted octanol–water partition coefficient (Wildman–Crippen LogP) is 3.98. The Kier molecular flexibility index (Phi) is 4.30. The number of nitrogens with zero attached hydrogens (tertiary/aromatic N) is 1. The molecule has 1 heterocycles. The molecule has 0 bridgehead atoms. The fraction of sp³-hybridized carbons (Fsp3) is 0.667. The van der Waals surface area contributed by atoms with E-state index < -0.39 is 0 Å². The lowest BCUT2D eigenvalue weighted by molar-refractivity contribution is 0.202. The van der Waals surface area contributed by atoms with Gasteiger partial charge in [-0.3, -0.25) is 0 Å². The molecule has 20 heavy (non-hydrogen) atoms. The van der Waals surface area contributed by atoms with E-state index in [1.807, 2.05) is 7.05 Å². The van der Waals surface area contributed by atoms with Gasteiger partial charge < -0.3 is 10.2 Å². The van der Waals surface area contributed by atoms with Crippen molar-refractivity contribution in [1.29, 1.82) is 0 Å². The van der Waals surface area contributed by atoms with Crippen molar-refractivity contribution in [3.8, 4) is 0 Å². The second-order valence-corrected chi connectivity index (χ2v) is 6.64. The molecule has 0 aromatic heterocycles. The molecule has 2 nitrogen and oxygen atoms in total. The summed E-state index contributed by atoms with van der Waals surface area (Å²) in [5.41, 5.74) is 2.80. The monoisotopic (exact) mass is 272 g/mol. The van der Waals surface area contributed by atoms with Gasteiger partial charge in [0.2, 0.25) is 0 Å². The lowest BCUT2D eigenvalue weighted by Gasteiger charge is -2.42. The molecular formula is C18H28N2. The Morgan fingerprint density at radius 2 is 1.75 bits per heavy atom. The molecular weight excluding hydrogens is 244 g/mol. The SMILES string of the molecule is CNC(C)c1ccc(N2CCC3CCCCC3C2)cc1. The second kappa shape index (κ2) is 6.17. The van der Waals surface area contributed by atoms with Gasteiger partial charge in [0.1, 0.15) is 0 Å². The van der Waals surface area contributed by atoms with E-state index in [2.05, 4.69) is 41.4 Å². The third-order valence-corrected chi connectivity index (χ3v) is 5.48. The fourth-order valence-corrected chi connectivity index (χ4v) is 3.98. The maximum Gasteiger partial charge on any atom is 0.0366 e. The molecule has 110 valence electrons. The summed E-state index contributed by atoms with van der Waals surface area (Å²) in [5.74, 6) is 1.97. The van der Waals surface area contributed by atoms with E-state index in [4.69, 9.17) is 0 Å². The molecule has 3 unspecified atom stereocenters. The van der Waals surface area contributed by atoms with Gasteiger partial charge in [-0.15, -0.1) is 0 Å². The van der Waals surface area contributed by atoms with Gasteiger partial charge in [0.15, 0.2) is 0 Å². The van der Waals surface area contributed by atoms with Crippen molar-refractivity contribution in [1.82, 2.24) is 5.32 Å². The molecule has 1 saturated carbocycles. The standard InChI is InChI=1S/C18H28N2/c1-14(19-2)15-7-9-18(10-8-15)20-12-11-16-5-3-4-6-17(16)13-20/h7-10,14,16-17,19H,3-6,11-13H2,1-2H3. The van der Waals surface area contributed by atoms with Crippen molar-refractivity contribution in [3.63, 3.8) is 0 Å². The lowest BCUT2D eigenvalue weighted by Crippen LogP contribution is -2.41. The highest BCUT2D eigenvalue weighted by molar-refractivity contribution is 5.48. The van der Waals surface area contributed by atoms with Crippen molar-refractivity contribution >= 4 is 5.69 Å². The summed E-state index contributed by atoms with van der Waals surface area (Å²) in [6.07, 6.45) is 7.26. The Balaban J connectivity index is 1.67. The molecule has 1 aliphatic carbocycles. The van der Waals surface area contributed by atoms with Crippen molar-refractivity contribution in [2.75, 3.05) is 25.0 Å². The molecule has 0 radical (unpaired) electrons. The van der Waals surface area contributed by atoms with Gasteiger partial charge in [-0.2, -0.15) is 0 Å². The minimum absolute atomic E-state index is 0.438. The normalized spacial score (nSPS) is 28.0. The molecule has 1 aromatic rings. The van der Waals surface area contributed by atoms with Crippen LogP contribution in [0, 0.1) is 11.8 Å². The van der Waals surface area contributed by atoms with E-state index in [1.54, 1.807) is 0 Å². The Bertz CT molecular complexity index is 426. The Morgan fingerprint density at radius 1 is 1.05 bits per heavy atom. The van der Waals surface area contributed by atoms with Crippen LogP contribution >= 0.6 is 0 Å². The minimum atomic E-state index is 0.438. The number of fused-ring (bicyclic) bond motifs is 1. The van der Waals surface area contributed by atoms with Crippen LogP contribution in [0.2, 0.25) is 0 Å². The van der Waals surface area contributed by atoms with Gasteiger partial charge >= 0.3 is 0 Å². The number of rotatable bonds is 3. The number of anilines is 1. The molecule has 1 saturated heterocycles. The zero-order valence-corrected chi connectivity index (χ0v) is 12.9. The van der Waals surface area contributed by atoms with Crippen LogP contribution in [-0.4, -0.2) is 20.1 Å². The highest BCUT2D eigenvalue weighted by atomic mass is 15.1. The average Bonchev–Trinajstić information content (AvgIpc) is 2.54. The van der Waals surface area contributed by atoms with Gasteiger partial charge in [-0.05, 0) is 56.3 Å². The molecule has 2 heteroatoms. The smallest absolute Gasteiger partial charge is 0.0366 e.